The Kier molecular flexibility index (Phi) is 5.85. The predicted molar refractivity (Wildman–Crippen MR) is 137 cm³/mol. The summed E-state index contributed by atoms with van der Waals surface area (Å²) >= 11 is 7.31. The number of rotatable bonds is 4. The van der Waals surface area contributed by atoms with Crippen molar-refractivity contribution in [3.05, 3.63) is 86.4 Å². The van der Waals surface area contributed by atoms with Gasteiger partial charge < -0.3 is 4.74 Å². The lowest BCUT2D eigenvalue weighted by Gasteiger charge is -2.32. The summed E-state index contributed by atoms with van der Waals surface area (Å²) < 4.78 is 21.2. The fourth-order valence-electron chi connectivity index (χ4n) is 4.51. The number of ether oxygens (including phenoxy) is 1. The van der Waals surface area contributed by atoms with E-state index in [9.17, 15) is 14.0 Å². The van der Waals surface area contributed by atoms with E-state index in [1.165, 1.54) is 41.2 Å². The minimum atomic E-state index is -0.507. The third-order valence-corrected chi connectivity index (χ3v) is 7.27. The van der Waals surface area contributed by atoms with E-state index in [-0.39, 0.29) is 28.0 Å². The molecule has 1 aliphatic carbocycles. The summed E-state index contributed by atoms with van der Waals surface area (Å²) in [6.07, 6.45) is 0.836. The molecule has 1 aliphatic rings. The summed E-state index contributed by atoms with van der Waals surface area (Å²) in [5.41, 5.74) is 2.38. The monoisotopic (exact) mass is 508 g/mol. The van der Waals surface area contributed by atoms with Crippen molar-refractivity contribution in [1.82, 2.24) is 9.55 Å². The lowest BCUT2D eigenvalue weighted by molar-refractivity contribution is 0.0909. The van der Waals surface area contributed by atoms with Crippen LogP contribution in [0, 0.1) is 11.2 Å². The number of aromatic nitrogens is 2. The normalized spacial score (nSPS) is 14.6. The van der Waals surface area contributed by atoms with Crippen LogP contribution < -0.4 is 10.3 Å². The van der Waals surface area contributed by atoms with E-state index in [0.717, 1.165) is 5.56 Å². The molecule has 5 rings (SSSR count). The second kappa shape index (κ2) is 8.73. The molecule has 0 amide bonds. The lowest BCUT2D eigenvalue weighted by Crippen LogP contribution is -2.35. The molecule has 2 aromatic carbocycles. The smallest absolute Gasteiger partial charge is 0.265 e. The zero-order valence-electron chi connectivity index (χ0n) is 19.4. The molecule has 0 radical (unpaired) electrons. The highest BCUT2D eigenvalue weighted by atomic mass is 35.5. The van der Waals surface area contributed by atoms with Crippen LogP contribution in [0.15, 0.2) is 58.7 Å². The third kappa shape index (κ3) is 4.30. The molecule has 2 heterocycles. The van der Waals surface area contributed by atoms with Crippen LogP contribution in [-0.4, -0.2) is 22.4 Å². The Hall–Kier alpha value is -3.29. The number of hydrogen-bond acceptors (Lipinski definition) is 5. The van der Waals surface area contributed by atoms with Gasteiger partial charge in [0.15, 0.2) is 5.78 Å². The van der Waals surface area contributed by atoms with E-state index in [2.05, 4.69) is 4.98 Å². The number of carbonyl (C=O) groups excluding carboxylic acids is 1. The molecule has 2 aromatic heterocycles. The Bertz CT molecular complexity index is 1520. The zero-order chi connectivity index (χ0) is 24.9. The van der Waals surface area contributed by atoms with Crippen LogP contribution in [0.25, 0.3) is 27.5 Å². The number of fused-ring (bicyclic) bond motifs is 1. The summed E-state index contributed by atoms with van der Waals surface area (Å²) in [6.45, 7) is 3.97. The first-order chi connectivity index (χ1) is 16.7. The van der Waals surface area contributed by atoms with Gasteiger partial charge in [-0.05, 0) is 42.2 Å². The van der Waals surface area contributed by atoms with Gasteiger partial charge in [0.1, 0.15) is 16.6 Å². The van der Waals surface area contributed by atoms with E-state index in [1.807, 2.05) is 31.4 Å². The Morgan fingerprint density at radius 3 is 2.51 bits per heavy atom. The highest BCUT2D eigenvalue weighted by molar-refractivity contribution is 7.13. The first-order valence-corrected chi connectivity index (χ1v) is 12.3. The van der Waals surface area contributed by atoms with Gasteiger partial charge in [-0.3, -0.25) is 14.2 Å². The SMILES string of the molecule is COc1ccc(F)cc1-n1c2c(cc(-c3nc(-c4ccc(Cl)cc4)cs3)c1=O)C(=O)CC(C)(C)C2. The van der Waals surface area contributed by atoms with Crippen molar-refractivity contribution in [1.29, 1.82) is 0 Å². The van der Waals surface area contributed by atoms with Gasteiger partial charge in [-0.2, -0.15) is 0 Å². The third-order valence-electron chi connectivity index (χ3n) is 6.14. The fourth-order valence-corrected chi connectivity index (χ4v) is 5.47. The van der Waals surface area contributed by atoms with Gasteiger partial charge in [0, 0.05) is 39.7 Å². The van der Waals surface area contributed by atoms with E-state index in [4.69, 9.17) is 16.3 Å². The van der Waals surface area contributed by atoms with Gasteiger partial charge in [-0.15, -0.1) is 11.3 Å². The standard InChI is InChI=1S/C27H22ClFN2O3S/c1-27(2)12-22-18(23(32)13-27)11-19(25-30-20(14-35-25)15-4-6-16(28)7-5-15)26(33)31(22)21-10-17(29)8-9-24(21)34-3/h4-11,14H,12-13H2,1-3H3. The van der Waals surface area contributed by atoms with Gasteiger partial charge in [0.25, 0.3) is 5.56 Å². The second-order valence-electron chi connectivity index (χ2n) is 9.36. The van der Waals surface area contributed by atoms with Crippen molar-refractivity contribution in [2.75, 3.05) is 7.11 Å². The van der Waals surface area contributed by atoms with E-state index < -0.39 is 5.82 Å². The van der Waals surface area contributed by atoms with Crippen LogP contribution in [0.4, 0.5) is 4.39 Å². The Morgan fingerprint density at radius 1 is 1.06 bits per heavy atom. The van der Waals surface area contributed by atoms with Crippen molar-refractivity contribution >= 4 is 28.7 Å². The number of methoxy groups -OCH3 is 1. The molecule has 0 spiro atoms. The number of Topliss-reactive ketones (excluding diaryl/α,β-unsaturated/α-hetero) is 1. The maximum absolute atomic E-state index is 14.3. The molecule has 0 saturated heterocycles. The summed E-state index contributed by atoms with van der Waals surface area (Å²) in [4.78, 5) is 31.8. The number of carbonyl (C=O) groups is 1. The van der Waals surface area contributed by atoms with E-state index >= 15 is 0 Å². The molecule has 0 N–H and O–H groups in total. The number of halogens is 2. The molecule has 0 atom stereocenters. The van der Waals surface area contributed by atoms with Crippen LogP contribution in [0.5, 0.6) is 5.75 Å². The van der Waals surface area contributed by atoms with Crippen molar-refractivity contribution in [3.63, 3.8) is 0 Å². The number of hydrogen-bond donors (Lipinski definition) is 0. The van der Waals surface area contributed by atoms with Crippen LogP contribution >= 0.6 is 22.9 Å². The van der Waals surface area contributed by atoms with E-state index in [0.29, 0.717) is 45.6 Å². The molecule has 35 heavy (non-hydrogen) atoms. The average Bonchev–Trinajstić information content (AvgIpc) is 3.28. The maximum Gasteiger partial charge on any atom is 0.265 e. The lowest BCUT2D eigenvalue weighted by atomic mass is 9.75. The van der Waals surface area contributed by atoms with Crippen LogP contribution in [0.1, 0.15) is 36.3 Å². The Balaban J connectivity index is 1.76. The summed E-state index contributed by atoms with van der Waals surface area (Å²) in [6, 6.07) is 12.9. The van der Waals surface area contributed by atoms with Gasteiger partial charge in [0.05, 0.1) is 24.1 Å². The maximum atomic E-state index is 14.3. The quantitative estimate of drug-likeness (QED) is 0.312. The summed E-state index contributed by atoms with van der Waals surface area (Å²) in [5, 5.41) is 2.95. The number of benzene rings is 2. The predicted octanol–water partition coefficient (Wildman–Crippen LogP) is 6.58. The highest BCUT2D eigenvalue weighted by Gasteiger charge is 2.35. The summed E-state index contributed by atoms with van der Waals surface area (Å²) in [5.74, 6) is -0.228. The molecular formula is C27H22ClFN2O3S. The van der Waals surface area contributed by atoms with Gasteiger partial charge in [-0.1, -0.05) is 37.6 Å². The molecule has 178 valence electrons. The first-order valence-electron chi connectivity index (χ1n) is 11.0. The molecule has 0 bridgehead atoms. The molecule has 8 heteroatoms. The number of pyridine rings is 1. The molecule has 0 aliphatic heterocycles. The van der Waals surface area contributed by atoms with Crippen LogP contribution in [0.2, 0.25) is 5.02 Å². The van der Waals surface area contributed by atoms with Crippen LogP contribution in [0.3, 0.4) is 0 Å². The van der Waals surface area contributed by atoms with Gasteiger partial charge >= 0.3 is 0 Å². The Labute approximate surface area is 210 Å². The minimum Gasteiger partial charge on any atom is -0.495 e. The molecule has 0 fully saturated rings. The van der Waals surface area contributed by atoms with Crippen molar-refractivity contribution in [3.8, 4) is 33.3 Å². The first kappa shape index (κ1) is 23.5. The Morgan fingerprint density at radius 2 is 1.80 bits per heavy atom. The average molecular weight is 509 g/mol. The van der Waals surface area contributed by atoms with Gasteiger partial charge in [0.2, 0.25) is 0 Å². The molecular weight excluding hydrogens is 487 g/mol. The van der Waals surface area contributed by atoms with Gasteiger partial charge in [-0.25, -0.2) is 9.37 Å². The number of thiazole rings is 1. The molecule has 5 nitrogen and oxygen atoms in total. The molecule has 0 saturated carbocycles. The number of ketones is 1. The molecule has 0 unspecified atom stereocenters. The van der Waals surface area contributed by atoms with Crippen molar-refractivity contribution in [2.45, 2.75) is 26.7 Å². The van der Waals surface area contributed by atoms with Crippen molar-refractivity contribution in [2.24, 2.45) is 5.41 Å². The minimum absolute atomic E-state index is 0.0592. The largest absolute Gasteiger partial charge is 0.495 e. The second-order valence-corrected chi connectivity index (χ2v) is 10.7. The number of nitrogens with zero attached hydrogens (tertiary/aromatic N) is 2. The van der Waals surface area contributed by atoms with E-state index in [1.54, 1.807) is 18.2 Å². The topological polar surface area (TPSA) is 61.2 Å². The highest BCUT2D eigenvalue weighted by Crippen LogP contribution is 2.38. The summed E-state index contributed by atoms with van der Waals surface area (Å²) in [7, 11) is 1.46. The zero-order valence-corrected chi connectivity index (χ0v) is 21.0. The fraction of sp³-hybridized carbons (Fsp3) is 0.222. The van der Waals surface area contributed by atoms with Crippen molar-refractivity contribution < 1.29 is 13.9 Å². The van der Waals surface area contributed by atoms with Crippen LogP contribution in [-0.2, 0) is 6.42 Å². The molecule has 4 aromatic rings.